The lowest BCUT2D eigenvalue weighted by molar-refractivity contribution is -0.137. The van der Waals surface area contributed by atoms with Gasteiger partial charge >= 0.3 is 0 Å². The molecule has 2 aliphatic rings. The van der Waals surface area contributed by atoms with Gasteiger partial charge in [0.25, 0.3) is 0 Å². The molecule has 2 aliphatic heterocycles. The smallest absolute Gasteiger partial charge is 0.233 e. The van der Waals surface area contributed by atoms with E-state index in [1.165, 1.54) is 16.7 Å². The van der Waals surface area contributed by atoms with Gasteiger partial charge in [0.05, 0.1) is 23.6 Å². The molecule has 1 fully saturated rings. The molecule has 2 aromatic rings. The molecule has 1 aromatic carbocycles. The van der Waals surface area contributed by atoms with Crippen LogP contribution >= 0.6 is 0 Å². The van der Waals surface area contributed by atoms with E-state index in [1.807, 2.05) is 22.8 Å². The molecule has 4 rings (SSSR count). The van der Waals surface area contributed by atoms with Crippen LogP contribution in [-0.2, 0) is 24.9 Å². The number of hydrogen-bond donors (Lipinski definition) is 0. The standard InChI is InChI=1S/C20H26N4O/c1-14-7-15(2)9-16(8-14)10-23-11-17(20(25)24-5-4-6-24)19-18(12-23)21-13-22(19)3/h7-9,13,17H,4-6,10-12H2,1-3H3/t17-/m1/s1. The Balaban J connectivity index is 1.59. The first-order valence-corrected chi connectivity index (χ1v) is 9.09. The number of likely N-dealkylation sites (tertiary alicyclic amines) is 1. The summed E-state index contributed by atoms with van der Waals surface area (Å²) in [5.74, 6) is 0.170. The van der Waals surface area contributed by atoms with Crippen molar-refractivity contribution in [2.45, 2.75) is 39.3 Å². The number of amides is 1. The predicted octanol–water partition coefficient (Wildman–Crippen LogP) is 2.37. The Morgan fingerprint density at radius 2 is 1.92 bits per heavy atom. The minimum Gasteiger partial charge on any atom is -0.342 e. The van der Waals surface area contributed by atoms with E-state index in [-0.39, 0.29) is 11.8 Å². The Morgan fingerprint density at radius 3 is 2.56 bits per heavy atom. The molecule has 1 amide bonds. The fraction of sp³-hybridized carbons (Fsp3) is 0.500. The molecular formula is C20H26N4O. The van der Waals surface area contributed by atoms with Crippen LogP contribution in [0.3, 0.4) is 0 Å². The Kier molecular flexibility index (Phi) is 4.12. The quantitative estimate of drug-likeness (QED) is 0.863. The number of imidazole rings is 1. The maximum atomic E-state index is 13.0. The van der Waals surface area contributed by atoms with Gasteiger partial charge in [0.15, 0.2) is 0 Å². The van der Waals surface area contributed by atoms with Crippen molar-refractivity contribution in [3.63, 3.8) is 0 Å². The van der Waals surface area contributed by atoms with Crippen LogP contribution in [0.1, 0.15) is 40.4 Å². The fourth-order valence-corrected chi connectivity index (χ4v) is 4.17. The van der Waals surface area contributed by atoms with Crippen molar-refractivity contribution in [3.05, 3.63) is 52.6 Å². The molecule has 1 aromatic heterocycles. The normalized spacial score (nSPS) is 20.3. The van der Waals surface area contributed by atoms with E-state index in [0.717, 1.165) is 50.5 Å². The number of nitrogens with zero attached hydrogens (tertiary/aromatic N) is 4. The number of rotatable bonds is 3. The molecule has 25 heavy (non-hydrogen) atoms. The van der Waals surface area contributed by atoms with Gasteiger partial charge in [0.2, 0.25) is 5.91 Å². The van der Waals surface area contributed by atoms with E-state index < -0.39 is 0 Å². The number of carbonyl (C=O) groups excluding carboxylic acids is 1. The number of hydrogen-bond acceptors (Lipinski definition) is 3. The summed E-state index contributed by atoms with van der Waals surface area (Å²) in [6.45, 7) is 8.53. The fourth-order valence-electron chi connectivity index (χ4n) is 4.17. The first-order valence-electron chi connectivity index (χ1n) is 9.09. The van der Waals surface area contributed by atoms with Crippen molar-refractivity contribution in [1.29, 1.82) is 0 Å². The van der Waals surface area contributed by atoms with E-state index in [2.05, 4.69) is 41.9 Å². The van der Waals surface area contributed by atoms with Crippen LogP contribution in [0.4, 0.5) is 0 Å². The molecule has 5 heteroatoms. The van der Waals surface area contributed by atoms with Crippen LogP contribution in [0.5, 0.6) is 0 Å². The number of carbonyl (C=O) groups is 1. The minimum absolute atomic E-state index is 0.0949. The zero-order valence-electron chi connectivity index (χ0n) is 15.3. The average molecular weight is 338 g/mol. The molecule has 1 saturated heterocycles. The largest absolute Gasteiger partial charge is 0.342 e. The summed E-state index contributed by atoms with van der Waals surface area (Å²) in [7, 11) is 2.00. The zero-order chi connectivity index (χ0) is 17.6. The molecule has 3 heterocycles. The SMILES string of the molecule is Cc1cc(C)cc(CN2Cc3ncn(C)c3[C@H](C(=O)N3CCC3)C2)c1. The lowest BCUT2D eigenvalue weighted by atomic mass is 9.94. The van der Waals surface area contributed by atoms with Crippen LogP contribution in [-0.4, -0.2) is 44.9 Å². The molecule has 0 aliphatic carbocycles. The average Bonchev–Trinajstić information content (AvgIpc) is 2.85. The molecule has 0 spiro atoms. The van der Waals surface area contributed by atoms with Crippen molar-refractivity contribution in [2.24, 2.45) is 7.05 Å². The van der Waals surface area contributed by atoms with Gasteiger partial charge in [-0.3, -0.25) is 9.69 Å². The lowest BCUT2D eigenvalue weighted by Gasteiger charge is -2.38. The minimum atomic E-state index is -0.0949. The Bertz CT molecular complexity index is 786. The molecule has 0 unspecified atom stereocenters. The maximum absolute atomic E-state index is 13.0. The molecule has 0 bridgehead atoms. The molecule has 5 nitrogen and oxygen atoms in total. The molecular weight excluding hydrogens is 312 g/mol. The van der Waals surface area contributed by atoms with E-state index in [4.69, 9.17) is 0 Å². The number of fused-ring (bicyclic) bond motifs is 1. The summed E-state index contributed by atoms with van der Waals surface area (Å²) < 4.78 is 2.03. The van der Waals surface area contributed by atoms with E-state index >= 15 is 0 Å². The van der Waals surface area contributed by atoms with Crippen LogP contribution in [0, 0.1) is 13.8 Å². The summed E-state index contributed by atoms with van der Waals surface area (Å²) in [6, 6.07) is 6.69. The molecule has 0 radical (unpaired) electrons. The van der Waals surface area contributed by atoms with Crippen molar-refractivity contribution in [1.82, 2.24) is 19.4 Å². The second-order valence-electron chi connectivity index (χ2n) is 7.58. The second-order valence-corrected chi connectivity index (χ2v) is 7.58. The van der Waals surface area contributed by atoms with Crippen LogP contribution in [0.25, 0.3) is 0 Å². The van der Waals surface area contributed by atoms with Gasteiger partial charge < -0.3 is 9.47 Å². The first-order chi connectivity index (χ1) is 12.0. The van der Waals surface area contributed by atoms with Gasteiger partial charge in [-0.1, -0.05) is 29.3 Å². The van der Waals surface area contributed by atoms with Crippen LogP contribution < -0.4 is 0 Å². The molecule has 0 saturated carbocycles. The first kappa shape index (κ1) is 16.3. The van der Waals surface area contributed by atoms with Gasteiger partial charge in [-0.15, -0.1) is 0 Å². The van der Waals surface area contributed by atoms with Crippen LogP contribution in [0.15, 0.2) is 24.5 Å². The zero-order valence-corrected chi connectivity index (χ0v) is 15.3. The molecule has 1 atom stereocenters. The highest BCUT2D eigenvalue weighted by Crippen LogP contribution is 2.31. The highest BCUT2D eigenvalue weighted by Gasteiger charge is 2.37. The van der Waals surface area contributed by atoms with Crippen molar-refractivity contribution >= 4 is 5.91 Å². The summed E-state index contributed by atoms with van der Waals surface area (Å²) in [4.78, 5) is 21.9. The van der Waals surface area contributed by atoms with Crippen LogP contribution in [0.2, 0.25) is 0 Å². The van der Waals surface area contributed by atoms with Gasteiger partial charge in [0, 0.05) is 39.8 Å². The summed E-state index contributed by atoms with van der Waals surface area (Å²) in [6.07, 6.45) is 2.98. The van der Waals surface area contributed by atoms with E-state index in [0.29, 0.717) is 0 Å². The highest BCUT2D eigenvalue weighted by atomic mass is 16.2. The third-order valence-electron chi connectivity index (χ3n) is 5.36. The Labute approximate surface area is 149 Å². The Morgan fingerprint density at radius 1 is 1.20 bits per heavy atom. The summed E-state index contributed by atoms with van der Waals surface area (Å²) in [5, 5.41) is 0. The topological polar surface area (TPSA) is 41.4 Å². The van der Waals surface area contributed by atoms with Crippen molar-refractivity contribution in [2.75, 3.05) is 19.6 Å². The number of aromatic nitrogens is 2. The van der Waals surface area contributed by atoms with Gasteiger partial charge in [-0.05, 0) is 25.8 Å². The van der Waals surface area contributed by atoms with Gasteiger partial charge in [-0.25, -0.2) is 4.98 Å². The second kappa shape index (κ2) is 6.30. The predicted molar refractivity (Wildman–Crippen MR) is 97.2 cm³/mol. The third kappa shape index (κ3) is 3.09. The molecule has 0 N–H and O–H groups in total. The van der Waals surface area contributed by atoms with Gasteiger partial charge in [0.1, 0.15) is 0 Å². The van der Waals surface area contributed by atoms with Crippen molar-refractivity contribution in [3.8, 4) is 0 Å². The third-order valence-corrected chi connectivity index (χ3v) is 5.36. The number of benzene rings is 1. The van der Waals surface area contributed by atoms with E-state index in [1.54, 1.807) is 0 Å². The highest BCUT2D eigenvalue weighted by molar-refractivity contribution is 5.84. The number of aryl methyl sites for hydroxylation is 3. The molecule has 132 valence electrons. The monoisotopic (exact) mass is 338 g/mol. The Hall–Kier alpha value is -2.14. The summed E-state index contributed by atoms with van der Waals surface area (Å²) in [5.41, 5.74) is 6.05. The van der Waals surface area contributed by atoms with E-state index in [9.17, 15) is 4.79 Å². The van der Waals surface area contributed by atoms with Crippen molar-refractivity contribution < 1.29 is 4.79 Å². The summed E-state index contributed by atoms with van der Waals surface area (Å²) >= 11 is 0. The maximum Gasteiger partial charge on any atom is 0.233 e. The van der Waals surface area contributed by atoms with Gasteiger partial charge in [-0.2, -0.15) is 0 Å². The lowest BCUT2D eigenvalue weighted by Crippen LogP contribution is -2.48.